The number of aromatic nitrogens is 2. The molecule has 2 aliphatic rings. The molecule has 1 aromatic carbocycles. The molecule has 2 unspecified atom stereocenters. The van der Waals surface area contributed by atoms with E-state index in [-0.39, 0.29) is 5.82 Å². The van der Waals surface area contributed by atoms with E-state index in [0.29, 0.717) is 12.1 Å². The average molecular weight is 329 g/mol. The summed E-state index contributed by atoms with van der Waals surface area (Å²) in [7, 11) is 0. The molecular weight excluding hydrogens is 305 g/mol. The van der Waals surface area contributed by atoms with Crippen LogP contribution in [0.25, 0.3) is 0 Å². The number of rotatable bonds is 4. The van der Waals surface area contributed by atoms with Gasteiger partial charge in [-0.3, -0.25) is 9.58 Å². The Morgan fingerprint density at radius 2 is 1.88 bits per heavy atom. The highest BCUT2D eigenvalue weighted by atomic mass is 19.1. The average Bonchev–Trinajstić information content (AvgIpc) is 3.12. The van der Waals surface area contributed by atoms with Crippen LogP contribution in [0.2, 0.25) is 0 Å². The van der Waals surface area contributed by atoms with Crippen LogP contribution in [0.5, 0.6) is 0 Å². The van der Waals surface area contributed by atoms with E-state index in [4.69, 9.17) is 0 Å². The van der Waals surface area contributed by atoms with E-state index < -0.39 is 5.60 Å². The molecule has 2 atom stereocenters. The third-order valence-electron chi connectivity index (χ3n) is 5.68. The van der Waals surface area contributed by atoms with E-state index in [1.165, 1.54) is 17.7 Å². The van der Waals surface area contributed by atoms with E-state index in [9.17, 15) is 9.50 Å². The Morgan fingerprint density at radius 1 is 1.21 bits per heavy atom. The summed E-state index contributed by atoms with van der Waals surface area (Å²) in [6.45, 7) is 3.87. The maximum atomic E-state index is 13.2. The molecule has 2 bridgehead atoms. The van der Waals surface area contributed by atoms with Crippen LogP contribution in [0.15, 0.2) is 36.7 Å². The Hall–Kier alpha value is -1.72. The summed E-state index contributed by atoms with van der Waals surface area (Å²) in [5.74, 6) is -0.254. The normalized spacial score (nSPS) is 30.0. The molecule has 3 heterocycles. The fraction of sp³-hybridized carbons (Fsp3) is 0.526. The van der Waals surface area contributed by atoms with E-state index in [1.807, 2.05) is 10.9 Å². The Labute approximate surface area is 141 Å². The summed E-state index contributed by atoms with van der Waals surface area (Å²) < 4.78 is 15.1. The molecule has 1 N–H and O–H groups in total. The molecule has 4 nitrogen and oxygen atoms in total. The van der Waals surface area contributed by atoms with Crippen LogP contribution in [-0.4, -0.2) is 31.9 Å². The number of hydrogen-bond donors (Lipinski definition) is 1. The highest BCUT2D eigenvalue weighted by Gasteiger charge is 2.48. The van der Waals surface area contributed by atoms with Crippen molar-refractivity contribution in [1.29, 1.82) is 0 Å². The standard InChI is InChI=1S/C19H24FN3O/c1-2-22-12-14(11-21-22)13-23-17-7-8-18(23)10-19(24,9-17)15-3-5-16(20)6-4-15/h3-6,11-12,17-18,24H,2,7-10,13H2,1H3. The molecule has 128 valence electrons. The number of fused-ring (bicyclic) bond motifs is 2. The molecule has 2 aliphatic heterocycles. The van der Waals surface area contributed by atoms with Crippen LogP contribution in [-0.2, 0) is 18.7 Å². The molecule has 1 aromatic heterocycles. The van der Waals surface area contributed by atoms with Crippen LogP contribution < -0.4 is 0 Å². The lowest BCUT2D eigenvalue weighted by atomic mass is 9.80. The van der Waals surface area contributed by atoms with Gasteiger partial charge in [-0.15, -0.1) is 0 Å². The Morgan fingerprint density at radius 3 is 2.46 bits per heavy atom. The van der Waals surface area contributed by atoms with Crippen molar-refractivity contribution >= 4 is 0 Å². The van der Waals surface area contributed by atoms with E-state index in [0.717, 1.165) is 44.3 Å². The second kappa shape index (κ2) is 5.97. The third kappa shape index (κ3) is 2.76. The van der Waals surface area contributed by atoms with Crippen molar-refractivity contribution in [1.82, 2.24) is 14.7 Å². The number of hydrogen-bond acceptors (Lipinski definition) is 3. The number of aliphatic hydroxyl groups is 1. The van der Waals surface area contributed by atoms with Gasteiger partial charge in [-0.2, -0.15) is 5.10 Å². The first-order chi connectivity index (χ1) is 11.6. The van der Waals surface area contributed by atoms with Gasteiger partial charge in [0.05, 0.1) is 11.8 Å². The van der Waals surface area contributed by atoms with E-state index in [2.05, 4.69) is 23.1 Å². The first-order valence-corrected chi connectivity index (χ1v) is 8.83. The lowest BCUT2D eigenvalue weighted by Crippen LogP contribution is -2.49. The molecular formula is C19H24FN3O. The fourth-order valence-corrected chi connectivity index (χ4v) is 4.44. The molecule has 0 aliphatic carbocycles. The highest BCUT2D eigenvalue weighted by Crippen LogP contribution is 2.46. The molecule has 0 amide bonds. The van der Waals surface area contributed by atoms with Crippen molar-refractivity contribution in [2.45, 2.75) is 63.4 Å². The molecule has 5 heteroatoms. The van der Waals surface area contributed by atoms with Crippen molar-refractivity contribution in [2.24, 2.45) is 0 Å². The van der Waals surface area contributed by atoms with Crippen molar-refractivity contribution in [3.8, 4) is 0 Å². The molecule has 0 radical (unpaired) electrons. The van der Waals surface area contributed by atoms with Gasteiger partial charge in [-0.25, -0.2) is 4.39 Å². The zero-order valence-corrected chi connectivity index (χ0v) is 14.0. The predicted molar refractivity (Wildman–Crippen MR) is 89.8 cm³/mol. The summed E-state index contributed by atoms with van der Waals surface area (Å²) in [6, 6.07) is 7.11. The largest absolute Gasteiger partial charge is 0.385 e. The number of nitrogens with zero attached hydrogens (tertiary/aromatic N) is 3. The van der Waals surface area contributed by atoms with Gasteiger partial charge < -0.3 is 5.11 Å². The van der Waals surface area contributed by atoms with Crippen molar-refractivity contribution in [3.63, 3.8) is 0 Å². The SMILES string of the molecule is CCn1cc(CN2C3CCC2CC(O)(c2ccc(F)cc2)C3)cn1. The number of benzene rings is 1. The molecule has 24 heavy (non-hydrogen) atoms. The van der Waals surface area contributed by atoms with Crippen LogP contribution in [0.4, 0.5) is 4.39 Å². The van der Waals surface area contributed by atoms with E-state index in [1.54, 1.807) is 12.1 Å². The predicted octanol–water partition coefficient (Wildman–Crippen LogP) is 3.06. The maximum absolute atomic E-state index is 13.2. The zero-order chi connectivity index (χ0) is 16.7. The fourth-order valence-electron chi connectivity index (χ4n) is 4.44. The number of piperidine rings is 1. The first kappa shape index (κ1) is 15.8. The second-order valence-corrected chi connectivity index (χ2v) is 7.21. The first-order valence-electron chi connectivity index (χ1n) is 8.83. The molecule has 2 fully saturated rings. The van der Waals surface area contributed by atoms with Crippen molar-refractivity contribution in [2.75, 3.05) is 0 Å². The van der Waals surface area contributed by atoms with Crippen molar-refractivity contribution < 1.29 is 9.50 Å². The third-order valence-corrected chi connectivity index (χ3v) is 5.68. The van der Waals surface area contributed by atoms with Gasteiger partial charge in [-0.05, 0) is 50.3 Å². The monoisotopic (exact) mass is 329 g/mol. The molecule has 4 rings (SSSR count). The molecule has 2 saturated heterocycles. The summed E-state index contributed by atoms with van der Waals surface area (Å²) in [5.41, 5.74) is 1.25. The van der Waals surface area contributed by atoms with Crippen LogP contribution in [0.3, 0.4) is 0 Å². The number of aryl methyl sites for hydroxylation is 1. The van der Waals surface area contributed by atoms with Gasteiger partial charge in [0, 0.05) is 36.9 Å². The maximum Gasteiger partial charge on any atom is 0.123 e. The molecule has 0 spiro atoms. The summed E-state index contributed by atoms with van der Waals surface area (Å²) in [4.78, 5) is 2.52. The van der Waals surface area contributed by atoms with E-state index >= 15 is 0 Å². The van der Waals surface area contributed by atoms with Crippen LogP contribution >= 0.6 is 0 Å². The smallest absolute Gasteiger partial charge is 0.123 e. The van der Waals surface area contributed by atoms with Gasteiger partial charge in [0.1, 0.15) is 5.82 Å². The Balaban J connectivity index is 1.51. The lowest BCUT2D eigenvalue weighted by molar-refractivity contribution is -0.0595. The summed E-state index contributed by atoms with van der Waals surface area (Å²) >= 11 is 0. The van der Waals surface area contributed by atoms with Crippen molar-refractivity contribution in [3.05, 3.63) is 53.6 Å². The Bertz CT molecular complexity index is 698. The van der Waals surface area contributed by atoms with Gasteiger partial charge >= 0.3 is 0 Å². The molecule has 0 saturated carbocycles. The van der Waals surface area contributed by atoms with Gasteiger partial charge in [0.15, 0.2) is 0 Å². The minimum absolute atomic E-state index is 0.254. The highest BCUT2D eigenvalue weighted by molar-refractivity contribution is 5.26. The quantitative estimate of drug-likeness (QED) is 0.937. The summed E-state index contributed by atoms with van der Waals surface area (Å²) in [6.07, 6.45) is 7.74. The Kier molecular flexibility index (Phi) is 3.93. The second-order valence-electron chi connectivity index (χ2n) is 7.21. The molecule has 2 aromatic rings. The lowest BCUT2D eigenvalue weighted by Gasteiger charge is -2.44. The van der Waals surface area contributed by atoms with Crippen LogP contribution in [0, 0.1) is 5.82 Å². The minimum atomic E-state index is -0.830. The zero-order valence-electron chi connectivity index (χ0n) is 14.0. The van der Waals surface area contributed by atoms with Crippen LogP contribution in [0.1, 0.15) is 43.7 Å². The number of halogens is 1. The van der Waals surface area contributed by atoms with Gasteiger partial charge in [-0.1, -0.05) is 12.1 Å². The summed E-state index contributed by atoms with van der Waals surface area (Å²) in [5, 5.41) is 15.5. The minimum Gasteiger partial charge on any atom is -0.385 e. The van der Waals surface area contributed by atoms with Gasteiger partial charge in [0.2, 0.25) is 0 Å². The van der Waals surface area contributed by atoms with Gasteiger partial charge in [0.25, 0.3) is 0 Å². The topological polar surface area (TPSA) is 41.3 Å².